The summed E-state index contributed by atoms with van der Waals surface area (Å²) in [6.07, 6.45) is 2.52. The van der Waals surface area contributed by atoms with E-state index in [1.54, 1.807) is 17.0 Å². The first kappa shape index (κ1) is 24.2. The Morgan fingerprint density at radius 2 is 1.86 bits per heavy atom. The minimum atomic E-state index is -3.63. The van der Waals surface area contributed by atoms with E-state index < -0.39 is 9.84 Å². The Hall–Kier alpha value is -3.46. The molecule has 0 unspecified atom stereocenters. The molecule has 2 aliphatic rings. The molecule has 3 heterocycles. The lowest BCUT2D eigenvalue weighted by Crippen LogP contribution is -2.32. The minimum Gasteiger partial charge on any atom is -0.337 e. The molecule has 1 aromatic heterocycles. The summed E-state index contributed by atoms with van der Waals surface area (Å²) in [6.45, 7) is 3.83. The van der Waals surface area contributed by atoms with Gasteiger partial charge >= 0.3 is 0 Å². The Labute approximate surface area is 211 Å². The number of fused-ring (bicyclic) bond motifs is 2. The van der Waals surface area contributed by atoms with Gasteiger partial charge in [-0.25, -0.2) is 8.42 Å². The number of anilines is 1. The van der Waals surface area contributed by atoms with Crippen molar-refractivity contribution in [1.29, 1.82) is 0 Å². The predicted octanol–water partition coefficient (Wildman–Crippen LogP) is 3.59. The van der Waals surface area contributed by atoms with Gasteiger partial charge in [0.25, 0.3) is 0 Å². The van der Waals surface area contributed by atoms with Crippen LogP contribution < -0.4 is 5.32 Å². The first-order chi connectivity index (χ1) is 17.3. The van der Waals surface area contributed by atoms with Gasteiger partial charge in [-0.1, -0.05) is 31.2 Å². The van der Waals surface area contributed by atoms with Crippen LogP contribution in [0.15, 0.2) is 53.4 Å². The van der Waals surface area contributed by atoms with Gasteiger partial charge in [0.1, 0.15) is 0 Å². The van der Waals surface area contributed by atoms with Gasteiger partial charge in [0.05, 0.1) is 28.6 Å². The Balaban J connectivity index is 1.25. The van der Waals surface area contributed by atoms with Crippen LogP contribution in [0.4, 0.5) is 5.69 Å². The quantitative estimate of drug-likeness (QED) is 0.551. The van der Waals surface area contributed by atoms with E-state index in [1.807, 2.05) is 10.7 Å². The van der Waals surface area contributed by atoms with Crippen molar-refractivity contribution in [3.8, 4) is 11.3 Å². The highest BCUT2D eigenvalue weighted by Gasteiger charge is 2.25. The monoisotopic (exact) mass is 506 g/mol. The van der Waals surface area contributed by atoms with Crippen LogP contribution in [-0.2, 0) is 45.4 Å². The highest BCUT2D eigenvalue weighted by molar-refractivity contribution is 7.91. The van der Waals surface area contributed by atoms with Crippen molar-refractivity contribution in [3.63, 3.8) is 0 Å². The van der Waals surface area contributed by atoms with E-state index in [1.165, 1.54) is 11.6 Å². The minimum absolute atomic E-state index is 0.0657. The summed E-state index contributed by atoms with van der Waals surface area (Å²) in [7, 11) is -3.63. The zero-order chi connectivity index (χ0) is 25.3. The average molecular weight is 507 g/mol. The van der Waals surface area contributed by atoms with Crippen molar-refractivity contribution in [2.24, 2.45) is 0 Å². The topological polar surface area (TPSA) is 101 Å². The number of benzene rings is 2. The molecule has 2 aromatic carbocycles. The number of carbonyl (C=O) groups is 2. The Kier molecular flexibility index (Phi) is 6.66. The van der Waals surface area contributed by atoms with Crippen LogP contribution in [0.5, 0.6) is 0 Å². The van der Waals surface area contributed by atoms with Crippen molar-refractivity contribution >= 4 is 27.3 Å². The molecule has 9 heteroatoms. The molecular formula is C27H30N4O4S. The van der Waals surface area contributed by atoms with Crippen molar-refractivity contribution in [3.05, 3.63) is 65.4 Å². The number of nitrogens with one attached hydrogen (secondary N) is 1. The smallest absolute Gasteiger partial charge is 0.224 e. The summed E-state index contributed by atoms with van der Waals surface area (Å²) in [6, 6.07) is 15.1. The second-order valence-electron chi connectivity index (χ2n) is 9.40. The normalized spacial score (nSPS) is 15.6. The van der Waals surface area contributed by atoms with Crippen molar-refractivity contribution in [2.75, 3.05) is 17.6 Å². The summed E-state index contributed by atoms with van der Waals surface area (Å²) in [4.78, 5) is 26.5. The molecule has 0 radical (unpaired) electrons. The van der Waals surface area contributed by atoms with E-state index in [2.05, 4.69) is 36.5 Å². The maximum absolute atomic E-state index is 13.0. The molecule has 0 atom stereocenters. The highest BCUT2D eigenvalue weighted by atomic mass is 32.2. The second-order valence-corrected chi connectivity index (χ2v) is 11.5. The summed E-state index contributed by atoms with van der Waals surface area (Å²) >= 11 is 0. The highest BCUT2D eigenvalue weighted by Crippen LogP contribution is 2.27. The van der Waals surface area contributed by atoms with Crippen molar-refractivity contribution < 1.29 is 18.0 Å². The fraction of sp³-hybridized carbons (Fsp3) is 0.370. The van der Waals surface area contributed by atoms with Crippen LogP contribution in [0.1, 0.15) is 43.0 Å². The number of hydrogen-bond acceptors (Lipinski definition) is 5. The molecule has 0 aliphatic carbocycles. The first-order valence-electron chi connectivity index (χ1n) is 12.4. The van der Waals surface area contributed by atoms with E-state index in [4.69, 9.17) is 5.10 Å². The van der Waals surface area contributed by atoms with Crippen LogP contribution in [0.2, 0.25) is 0 Å². The zero-order valence-electron chi connectivity index (χ0n) is 20.4. The molecule has 2 amide bonds. The lowest BCUT2D eigenvalue weighted by atomic mass is 10.0. The third kappa shape index (κ3) is 5.06. The number of hydrogen-bond donors (Lipinski definition) is 1. The Morgan fingerprint density at radius 3 is 2.64 bits per heavy atom. The number of aryl methyl sites for hydroxylation is 3. The van der Waals surface area contributed by atoms with Crippen LogP contribution >= 0.6 is 0 Å². The van der Waals surface area contributed by atoms with Crippen LogP contribution in [0, 0.1) is 0 Å². The number of carbonyl (C=O) groups excluding carboxylic acids is 2. The van der Waals surface area contributed by atoms with Gasteiger partial charge in [-0.3, -0.25) is 14.3 Å². The number of aromatic nitrogens is 2. The molecular weight excluding hydrogens is 476 g/mol. The van der Waals surface area contributed by atoms with E-state index in [0.717, 1.165) is 41.9 Å². The molecule has 3 aromatic rings. The molecule has 0 bridgehead atoms. The van der Waals surface area contributed by atoms with E-state index in [0.29, 0.717) is 31.6 Å². The summed E-state index contributed by atoms with van der Waals surface area (Å²) in [5, 5.41) is 7.51. The molecule has 36 heavy (non-hydrogen) atoms. The first-order valence-corrected chi connectivity index (χ1v) is 14.1. The van der Waals surface area contributed by atoms with Gasteiger partial charge in [0, 0.05) is 37.2 Å². The third-order valence-corrected chi connectivity index (χ3v) is 8.65. The molecule has 0 fully saturated rings. The maximum atomic E-state index is 13.0. The second kappa shape index (κ2) is 9.89. The van der Waals surface area contributed by atoms with Crippen LogP contribution in [0.25, 0.3) is 11.3 Å². The van der Waals surface area contributed by atoms with Crippen molar-refractivity contribution in [2.45, 2.75) is 57.0 Å². The molecule has 0 saturated carbocycles. The Bertz CT molecular complexity index is 1410. The molecule has 5 rings (SSSR count). The summed E-state index contributed by atoms with van der Waals surface area (Å²) < 4.78 is 27.9. The lowest BCUT2D eigenvalue weighted by molar-refractivity contribution is -0.131. The fourth-order valence-corrected chi connectivity index (χ4v) is 6.05. The van der Waals surface area contributed by atoms with Gasteiger partial charge < -0.3 is 10.2 Å². The van der Waals surface area contributed by atoms with Gasteiger partial charge in [-0.05, 0) is 54.7 Å². The zero-order valence-corrected chi connectivity index (χ0v) is 21.2. The van der Waals surface area contributed by atoms with E-state index in [-0.39, 0.29) is 28.9 Å². The predicted molar refractivity (Wildman–Crippen MR) is 137 cm³/mol. The number of sulfone groups is 1. The average Bonchev–Trinajstić information content (AvgIpc) is 3.18. The Morgan fingerprint density at radius 1 is 1.06 bits per heavy atom. The largest absolute Gasteiger partial charge is 0.337 e. The SMILES string of the molecule is CCc1ccc(-c2cc3n(n2)CCCN(C(=O)CCS(=O)(=O)c2ccc4c(c2)CCC(=O)N4)C3)cc1. The molecule has 8 nitrogen and oxygen atoms in total. The van der Waals surface area contributed by atoms with Crippen molar-refractivity contribution in [1.82, 2.24) is 14.7 Å². The van der Waals surface area contributed by atoms with Gasteiger partial charge in [-0.2, -0.15) is 5.10 Å². The van der Waals surface area contributed by atoms with Gasteiger partial charge in [-0.15, -0.1) is 0 Å². The molecule has 188 valence electrons. The standard InChI is InChI=1S/C27H30N4O4S/c1-2-19-4-6-20(7-5-19)25-17-22-18-30(13-3-14-31(22)29-25)27(33)12-15-36(34,35)23-9-10-24-21(16-23)8-11-26(32)28-24/h4-7,9-10,16-17H,2-3,8,11-15,18H2,1H3,(H,28,32). The molecule has 0 saturated heterocycles. The lowest BCUT2D eigenvalue weighted by Gasteiger charge is -2.20. The number of rotatable bonds is 6. The van der Waals surface area contributed by atoms with Gasteiger partial charge in [0.15, 0.2) is 9.84 Å². The maximum Gasteiger partial charge on any atom is 0.224 e. The third-order valence-electron chi connectivity index (χ3n) is 6.94. The van der Waals surface area contributed by atoms with E-state index >= 15 is 0 Å². The molecule has 1 N–H and O–H groups in total. The molecule has 2 aliphatic heterocycles. The summed E-state index contributed by atoms with van der Waals surface area (Å²) in [5.74, 6) is -0.488. The van der Waals surface area contributed by atoms with Crippen LogP contribution in [-0.4, -0.2) is 47.2 Å². The number of amides is 2. The molecule has 0 spiro atoms. The van der Waals surface area contributed by atoms with Crippen LogP contribution in [0.3, 0.4) is 0 Å². The number of nitrogens with zero attached hydrogens (tertiary/aromatic N) is 3. The van der Waals surface area contributed by atoms with E-state index in [9.17, 15) is 18.0 Å². The van der Waals surface area contributed by atoms with Gasteiger partial charge in [0.2, 0.25) is 11.8 Å². The summed E-state index contributed by atoms with van der Waals surface area (Å²) in [5.41, 5.74) is 5.61. The fourth-order valence-electron chi connectivity index (χ4n) is 4.78.